The van der Waals surface area contributed by atoms with Crippen molar-refractivity contribution in [3.63, 3.8) is 0 Å². The smallest absolute Gasteiger partial charge is 0.0280 e. The summed E-state index contributed by atoms with van der Waals surface area (Å²) in [5.41, 5.74) is 1.95. The van der Waals surface area contributed by atoms with Crippen LogP contribution in [0.4, 0.5) is 0 Å². The van der Waals surface area contributed by atoms with Crippen molar-refractivity contribution in [3.05, 3.63) is 11.6 Å². The van der Waals surface area contributed by atoms with Crippen LogP contribution in [0.15, 0.2) is 11.6 Å². The maximum absolute atomic E-state index is 5.95. The number of hydrogen-bond acceptors (Lipinski definition) is 0. The first-order valence-electron chi connectivity index (χ1n) is 4.88. The fraction of sp³-hybridized carbons (Fsp3) is 0.818. The summed E-state index contributed by atoms with van der Waals surface area (Å²) in [4.78, 5) is 0. The average Bonchev–Trinajstić information content (AvgIpc) is 1.94. The topological polar surface area (TPSA) is 0 Å². The summed E-state index contributed by atoms with van der Waals surface area (Å²) in [5.74, 6) is 0.865. The monoisotopic (exact) mass is 186 g/mol. The van der Waals surface area contributed by atoms with Crippen LogP contribution in [0.25, 0.3) is 0 Å². The molecule has 0 aromatic heterocycles. The summed E-state index contributed by atoms with van der Waals surface area (Å²) in [6, 6.07) is 0. The first kappa shape index (κ1) is 10.1. The Balaban J connectivity index is 2.25. The van der Waals surface area contributed by atoms with Crippen molar-refractivity contribution in [1.29, 1.82) is 0 Å². The van der Waals surface area contributed by atoms with Crippen LogP contribution in [-0.4, -0.2) is 5.88 Å². The Kier molecular flexibility index (Phi) is 3.64. The van der Waals surface area contributed by atoms with Crippen molar-refractivity contribution in [2.75, 3.05) is 5.88 Å². The third kappa shape index (κ3) is 2.52. The van der Waals surface area contributed by atoms with E-state index < -0.39 is 0 Å². The number of alkyl halides is 1. The lowest BCUT2D eigenvalue weighted by Crippen LogP contribution is -2.30. The molecule has 0 aliphatic heterocycles. The van der Waals surface area contributed by atoms with E-state index in [1.54, 1.807) is 0 Å². The Labute approximate surface area is 81.0 Å². The van der Waals surface area contributed by atoms with Gasteiger partial charge in [0.25, 0.3) is 0 Å². The molecule has 1 aliphatic carbocycles. The lowest BCUT2D eigenvalue weighted by molar-refractivity contribution is 0.153. The Morgan fingerprint density at radius 1 is 1.42 bits per heavy atom. The number of halogens is 1. The molecule has 1 aliphatic rings. The molecule has 0 bridgehead atoms. The van der Waals surface area contributed by atoms with Crippen LogP contribution in [0.2, 0.25) is 0 Å². The highest BCUT2D eigenvalue weighted by atomic mass is 35.5. The van der Waals surface area contributed by atoms with Crippen LogP contribution in [0.3, 0.4) is 0 Å². The van der Waals surface area contributed by atoms with Gasteiger partial charge in [-0.25, -0.2) is 0 Å². The molecule has 0 heterocycles. The first-order valence-corrected chi connectivity index (χ1v) is 5.41. The molecule has 0 amide bonds. The summed E-state index contributed by atoms with van der Waals surface area (Å²) >= 11 is 5.95. The predicted octanol–water partition coefficient (Wildman–Crippen LogP) is 4.14. The van der Waals surface area contributed by atoms with E-state index in [9.17, 15) is 0 Å². The largest absolute Gasteiger partial charge is 0.126 e. The molecule has 70 valence electrons. The molecule has 0 nitrogen and oxygen atoms in total. The van der Waals surface area contributed by atoms with Crippen LogP contribution in [-0.2, 0) is 0 Å². The fourth-order valence-corrected chi connectivity index (χ4v) is 2.20. The van der Waals surface area contributed by atoms with E-state index in [4.69, 9.17) is 11.6 Å². The third-order valence-electron chi connectivity index (χ3n) is 2.92. The van der Waals surface area contributed by atoms with Gasteiger partial charge in [0.2, 0.25) is 0 Å². The highest BCUT2D eigenvalue weighted by Gasteiger charge is 2.34. The molecule has 0 N–H and O–H groups in total. The maximum atomic E-state index is 5.95. The van der Waals surface area contributed by atoms with E-state index in [1.807, 2.05) is 0 Å². The second-order valence-corrected chi connectivity index (χ2v) is 4.57. The van der Waals surface area contributed by atoms with Crippen LogP contribution in [0.1, 0.15) is 46.0 Å². The van der Waals surface area contributed by atoms with E-state index in [-0.39, 0.29) is 0 Å². The second kappa shape index (κ2) is 4.32. The van der Waals surface area contributed by atoms with E-state index in [2.05, 4.69) is 19.9 Å². The zero-order valence-electron chi connectivity index (χ0n) is 8.20. The van der Waals surface area contributed by atoms with Gasteiger partial charge in [0.15, 0.2) is 0 Å². The van der Waals surface area contributed by atoms with Gasteiger partial charge >= 0.3 is 0 Å². The standard InChI is InChI=1S/C11H19Cl/c1-10(2)5-3-6-11(9-12)7-4-8-11/h5H,3-4,6-9H2,1-2H3. The normalized spacial score (nSPS) is 19.9. The predicted molar refractivity (Wildman–Crippen MR) is 55.7 cm³/mol. The maximum Gasteiger partial charge on any atom is 0.0280 e. The minimum absolute atomic E-state index is 0.521. The Bertz CT molecular complexity index is 156. The number of allylic oxidation sites excluding steroid dienone is 2. The molecule has 0 aromatic rings. The summed E-state index contributed by atoms with van der Waals surface area (Å²) in [6.07, 6.45) is 8.94. The highest BCUT2D eigenvalue weighted by molar-refractivity contribution is 6.18. The van der Waals surface area contributed by atoms with Crippen LogP contribution in [0, 0.1) is 5.41 Å². The Morgan fingerprint density at radius 2 is 2.08 bits per heavy atom. The molecule has 1 saturated carbocycles. The van der Waals surface area contributed by atoms with Crippen LogP contribution >= 0.6 is 11.6 Å². The lowest BCUT2D eigenvalue weighted by Gasteiger charge is -2.40. The molecule has 1 fully saturated rings. The summed E-state index contributed by atoms with van der Waals surface area (Å²) in [6.45, 7) is 4.32. The molecule has 12 heavy (non-hydrogen) atoms. The van der Waals surface area contributed by atoms with Gasteiger partial charge in [0, 0.05) is 5.88 Å². The van der Waals surface area contributed by atoms with Gasteiger partial charge in [0.05, 0.1) is 0 Å². The van der Waals surface area contributed by atoms with Crippen molar-refractivity contribution in [2.24, 2.45) is 5.41 Å². The number of rotatable bonds is 4. The van der Waals surface area contributed by atoms with Crippen molar-refractivity contribution < 1.29 is 0 Å². The summed E-state index contributed by atoms with van der Waals surface area (Å²) in [5, 5.41) is 0. The Hall–Kier alpha value is 0.0300. The number of hydrogen-bond donors (Lipinski definition) is 0. The molecule has 0 unspecified atom stereocenters. The molecule has 0 saturated heterocycles. The van der Waals surface area contributed by atoms with Gasteiger partial charge in [-0.15, -0.1) is 11.6 Å². The minimum atomic E-state index is 0.521. The van der Waals surface area contributed by atoms with Gasteiger partial charge in [-0.2, -0.15) is 0 Å². The molecule has 1 heteroatoms. The zero-order chi connectivity index (χ0) is 9.03. The second-order valence-electron chi connectivity index (χ2n) is 4.31. The van der Waals surface area contributed by atoms with E-state index in [1.165, 1.54) is 37.7 Å². The van der Waals surface area contributed by atoms with Gasteiger partial charge in [-0.1, -0.05) is 18.1 Å². The zero-order valence-corrected chi connectivity index (χ0v) is 8.95. The summed E-state index contributed by atoms with van der Waals surface area (Å²) in [7, 11) is 0. The third-order valence-corrected chi connectivity index (χ3v) is 3.49. The van der Waals surface area contributed by atoms with Crippen LogP contribution < -0.4 is 0 Å². The molecule has 0 radical (unpaired) electrons. The quantitative estimate of drug-likeness (QED) is 0.457. The van der Waals surface area contributed by atoms with Crippen molar-refractivity contribution in [2.45, 2.75) is 46.0 Å². The summed E-state index contributed by atoms with van der Waals surface area (Å²) < 4.78 is 0. The van der Waals surface area contributed by atoms with Gasteiger partial charge < -0.3 is 0 Å². The molecule has 0 spiro atoms. The highest BCUT2D eigenvalue weighted by Crippen LogP contribution is 2.45. The van der Waals surface area contributed by atoms with E-state index in [0.717, 1.165) is 5.88 Å². The Morgan fingerprint density at radius 3 is 2.42 bits per heavy atom. The molecular formula is C11H19Cl. The minimum Gasteiger partial charge on any atom is -0.126 e. The molecule has 1 rings (SSSR count). The van der Waals surface area contributed by atoms with Crippen LogP contribution in [0.5, 0.6) is 0 Å². The molecule has 0 atom stereocenters. The van der Waals surface area contributed by atoms with Gasteiger partial charge in [-0.3, -0.25) is 0 Å². The molecular weight excluding hydrogens is 168 g/mol. The van der Waals surface area contributed by atoms with Crippen molar-refractivity contribution >= 4 is 11.6 Å². The van der Waals surface area contributed by atoms with E-state index >= 15 is 0 Å². The van der Waals surface area contributed by atoms with Crippen molar-refractivity contribution in [1.82, 2.24) is 0 Å². The van der Waals surface area contributed by atoms with Crippen molar-refractivity contribution in [3.8, 4) is 0 Å². The van der Waals surface area contributed by atoms with E-state index in [0.29, 0.717) is 5.41 Å². The average molecular weight is 187 g/mol. The van der Waals surface area contributed by atoms with Gasteiger partial charge in [-0.05, 0) is 44.9 Å². The molecule has 0 aromatic carbocycles. The fourth-order valence-electron chi connectivity index (χ4n) is 1.79. The van der Waals surface area contributed by atoms with Gasteiger partial charge in [0.1, 0.15) is 0 Å². The SMILES string of the molecule is CC(C)=CCCC1(CCl)CCC1. The lowest BCUT2D eigenvalue weighted by atomic mass is 9.67. The first-order chi connectivity index (χ1) is 5.68.